The van der Waals surface area contributed by atoms with Crippen LogP contribution in [0.2, 0.25) is 0 Å². The van der Waals surface area contributed by atoms with Gasteiger partial charge in [0.25, 0.3) is 5.91 Å². The maximum absolute atomic E-state index is 13.3. The number of pyridine rings is 1. The van der Waals surface area contributed by atoms with E-state index in [0.29, 0.717) is 11.4 Å². The highest BCUT2D eigenvalue weighted by molar-refractivity contribution is 7.21. The molecule has 0 saturated carbocycles. The number of likely N-dealkylation sites (N-methyl/N-ethyl adjacent to an activating group) is 1. The Morgan fingerprint density at radius 2 is 2.06 bits per heavy atom. The molecule has 35 heavy (non-hydrogen) atoms. The maximum Gasteiger partial charge on any atom is 0.393 e. The molecule has 5 heterocycles. The predicted molar refractivity (Wildman–Crippen MR) is 130 cm³/mol. The summed E-state index contributed by atoms with van der Waals surface area (Å²) in [4.78, 5) is 23.0. The number of aromatic amines is 1. The van der Waals surface area contributed by atoms with Crippen molar-refractivity contribution in [2.45, 2.75) is 45.3 Å². The molecule has 11 heteroatoms. The summed E-state index contributed by atoms with van der Waals surface area (Å²) >= 11 is 1.38. The molecule has 186 valence electrons. The third-order valence-corrected chi connectivity index (χ3v) is 7.96. The van der Waals surface area contributed by atoms with E-state index in [2.05, 4.69) is 40.3 Å². The van der Waals surface area contributed by atoms with Crippen molar-refractivity contribution < 1.29 is 18.0 Å². The molecule has 2 N–H and O–H groups in total. The van der Waals surface area contributed by atoms with Gasteiger partial charge in [-0.1, -0.05) is 13.8 Å². The number of H-pyrrole nitrogens is 1. The smallest absolute Gasteiger partial charge is 0.354 e. The summed E-state index contributed by atoms with van der Waals surface area (Å²) in [5.41, 5.74) is 5.69. The quantitative estimate of drug-likeness (QED) is 0.411. The molecule has 1 aliphatic heterocycles. The van der Waals surface area contributed by atoms with Crippen molar-refractivity contribution in [3.05, 3.63) is 40.7 Å². The van der Waals surface area contributed by atoms with E-state index in [-0.39, 0.29) is 24.8 Å². The first-order valence-electron chi connectivity index (χ1n) is 11.5. The Bertz CT molecular complexity index is 1400. The van der Waals surface area contributed by atoms with E-state index < -0.39 is 18.1 Å². The zero-order valence-electron chi connectivity index (χ0n) is 19.9. The van der Waals surface area contributed by atoms with Gasteiger partial charge in [0.1, 0.15) is 6.33 Å². The molecule has 0 unspecified atom stereocenters. The molecule has 0 spiro atoms. The molecule has 4 aromatic rings. The first-order chi connectivity index (χ1) is 16.5. The standard InChI is InChI=1S/C24H27F3N6OS/c1-12(2)19-20(14-5-13(3)22-29-11-30-33(22)10-14)31-17-7-18(35-21(17)19)23(34)32(4)16-6-15(8-28-9-16)24(25,26)27/h5,7,10-12,15-16,28,31H,6,8-9H2,1-4H3/t15-,16+/m0/s1. The van der Waals surface area contributed by atoms with Gasteiger partial charge in [-0.05, 0) is 42.5 Å². The molecule has 1 amide bonds. The SMILES string of the molecule is Cc1cc(-c2[nH]c3cc(C(=O)N(C)[C@H]4CNC[C@@H](C(F)(F)F)C4)sc3c2C(C)C)cn2ncnc12. The lowest BCUT2D eigenvalue weighted by atomic mass is 9.94. The van der Waals surface area contributed by atoms with Gasteiger partial charge in [0, 0.05) is 37.9 Å². The molecule has 4 aromatic heterocycles. The van der Waals surface area contributed by atoms with Crippen LogP contribution in [-0.2, 0) is 0 Å². The van der Waals surface area contributed by atoms with Crippen LogP contribution in [-0.4, -0.2) is 62.7 Å². The number of hydrogen-bond acceptors (Lipinski definition) is 5. The summed E-state index contributed by atoms with van der Waals surface area (Å²) in [7, 11) is 1.59. The van der Waals surface area contributed by atoms with Gasteiger partial charge in [0.2, 0.25) is 0 Å². The largest absolute Gasteiger partial charge is 0.393 e. The van der Waals surface area contributed by atoms with Crippen molar-refractivity contribution in [1.29, 1.82) is 0 Å². The van der Waals surface area contributed by atoms with Gasteiger partial charge < -0.3 is 15.2 Å². The number of amides is 1. The molecule has 0 aliphatic carbocycles. The summed E-state index contributed by atoms with van der Waals surface area (Å²) < 4.78 is 42.4. The number of thiophene rings is 1. The number of alkyl halides is 3. The lowest BCUT2D eigenvalue weighted by Crippen LogP contribution is -2.52. The fourth-order valence-electron chi connectivity index (χ4n) is 4.92. The number of rotatable bonds is 4. The Balaban J connectivity index is 1.47. The Labute approximate surface area is 204 Å². The summed E-state index contributed by atoms with van der Waals surface area (Å²) in [6, 6.07) is 3.37. The minimum absolute atomic E-state index is 0.0898. The summed E-state index contributed by atoms with van der Waals surface area (Å²) in [6.45, 7) is 6.44. The number of carbonyl (C=O) groups is 1. The van der Waals surface area contributed by atoms with Crippen LogP contribution in [0, 0.1) is 12.8 Å². The second kappa shape index (κ2) is 8.63. The second-order valence-electron chi connectivity index (χ2n) is 9.56. The monoisotopic (exact) mass is 504 g/mol. The average molecular weight is 505 g/mol. The zero-order valence-corrected chi connectivity index (χ0v) is 20.7. The maximum atomic E-state index is 13.3. The normalized spacial score (nSPS) is 19.2. The Hall–Kier alpha value is -2.92. The van der Waals surface area contributed by atoms with Crippen molar-refractivity contribution >= 4 is 33.1 Å². The number of hydrogen-bond donors (Lipinski definition) is 2. The van der Waals surface area contributed by atoms with E-state index in [0.717, 1.165) is 38.2 Å². The Morgan fingerprint density at radius 1 is 1.29 bits per heavy atom. The first-order valence-corrected chi connectivity index (χ1v) is 12.4. The van der Waals surface area contributed by atoms with E-state index in [1.165, 1.54) is 22.6 Å². The minimum atomic E-state index is -4.27. The van der Waals surface area contributed by atoms with Crippen molar-refractivity contribution in [2.75, 3.05) is 20.1 Å². The third kappa shape index (κ3) is 4.20. The van der Waals surface area contributed by atoms with Crippen LogP contribution in [0.25, 0.3) is 27.1 Å². The molecule has 1 fully saturated rings. The fourth-order valence-corrected chi connectivity index (χ4v) is 6.21. The Kier molecular flexibility index (Phi) is 5.87. The highest BCUT2D eigenvalue weighted by Gasteiger charge is 2.43. The molecule has 2 atom stereocenters. The van der Waals surface area contributed by atoms with Crippen LogP contribution in [0.5, 0.6) is 0 Å². The van der Waals surface area contributed by atoms with Crippen LogP contribution in [0.3, 0.4) is 0 Å². The van der Waals surface area contributed by atoms with E-state index in [4.69, 9.17) is 0 Å². The van der Waals surface area contributed by atoms with E-state index in [1.54, 1.807) is 11.6 Å². The van der Waals surface area contributed by atoms with Gasteiger partial charge in [-0.2, -0.15) is 18.3 Å². The van der Waals surface area contributed by atoms with Gasteiger partial charge in [-0.25, -0.2) is 9.50 Å². The van der Waals surface area contributed by atoms with Crippen LogP contribution in [0.15, 0.2) is 24.7 Å². The van der Waals surface area contributed by atoms with Crippen LogP contribution in [0.1, 0.15) is 47.0 Å². The highest BCUT2D eigenvalue weighted by Crippen LogP contribution is 2.41. The van der Waals surface area contributed by atoms with Crippen molar-refractivity contribution in [3.8, 4) is 11.3 Å². The number of halogens is 3. The molecule has 0 aromatic carbocycles. The van der Waals surface area contributed by atoms with Gasteiger partial charge in [0.05, 0.1) is 26.7 Å². The van der Waals surface area contributed by atoms with Crippen molar-refractivity contribution in [2.24, 2.45) is 5.92 Å². The second-order valence-corrected chi connectivity index (χ2v) is 10.6. The number of piperidine rings is 1. The average Bonchev–Trinajstić information content (AvgIpc) is 3.51. The molecule has 1 saturated heterocycles. The topological polar surface area (TPSA) is 78.3 Å². The van der Waals surface area contributed by atoms with Crippen molar-refractivity contribution in [3.63, 3.8) is 0 Å². The van der Waals surface area contributed by atoms with E-state index in [1.807, 2.05) is 19.2 Å². The molecule has 5 rings (SSSR count). The molecular formula is C24H27F3N6OS. The molecule has 0 bridgehead atoms. The van der Waals surface area contributed by atoms with Crippen LogP contribution in [0.4, 0.5) is 13.2 Å². The molecule has 1 aliphatic rings. The fraction of sp³-hybridized carbons (Fsp3) is 0.458. The highest BCUT2D eigenvalue weighted by atomic mass is 32.1. The zero-order chi connectivity index (χ0) is 25.1. The van der Waals surface area contributed by atoms with Gasteiger partial charge in [-0.15, -0.1) is 11.3 Å². The van der Waals surface area contributed by atoms with Crippen molar-refractivity contribution in [1.82, 2.24) is 29.8 Å². The summed E-state index contributed by atoms with van der Waals surface area (Å²) in [5, 5.41) is 7.11. The van der Waals surface area contributed by atoms with Gasteiger partial charge in [0.15, 0.2) is 5.65 Å². The van der Waals surface area contributed by atoms with Gasteiger partial charge in [-0.3, -0.25) is 4.79 Å². The predicted octanol–water partition coefficient (Wildman–Crippen LogP) is 4.98. The minimum Gasteiger partial charge on any atom is -0.354 e. The molecular weight excluding hydrogens is 477 g/mol. The first kappa shape index (κ1) is 23.8. The number of fused-ring (bicyclic) bond motifs is 2. The molecule has 0 radical (unpaired) electrons. The number of nitrogens with one attached hydrogen (secondary N) is 2. The third-order valence-electron chi connectivity index (χ3n) is 6.80. The number of aryl methyl sites for hydroxylation is 1. The number of aromatic nitrogens is 4. The number of carbonyl (C=O) groups excluding carboxylic acids is 1. The number of nitrogens with zero attached hydrogens (tertiary/aromatic N) is 4. The molecule has 7 nitrogen and oxygen atoms in total. The van der Waals surface area contributed by atoms with Crippen LogP contribution >= 0.6 is 11.3 Å². The van der Waals surface area contributed by atoms with Crippen LogP contribution < -0.4 is 5.32 Å². The lowest BCUT2D eigenvalue weighted by Gasteiger charge is -2.36. The lowest BCUT2D eigenvalue weighted by molar-refractivity contribution is -0.181. The van der Waals surface area contributed by atoms with E-state index in [9.17, 15) is 18.0 Å². The van der Waals surface area contributed by atoms with E-state index >= 15 is 0 Å². The summed E-state index contributed by atoms with van der Waals surface area (Å²) in [6.07, 6.45) is -0.905. The summed E-state index contributed by atoms with van der Waals surface area (Å²) in [5.74, 6) is -1.53. The van der Waals surface area contributed by atoms with Gasteiger partial charge >= 0.3 is 6.18 Å². The Morgan fingerprint density at radius 3 is 2.77 bits per heavy atom.